The fraction of sp³-hybridized carbons (Fsp3) is 0.182. The summed E-state index contributed by atoms with van der Waals surface area (Å²) in [4.78, 5) is 21.5. The third-order valence-electron chi connectivity index (χ3n) is 2.21. The molecule has 0 heterocycles. The van der Waals surface area contributed by atoms with Crippen LogP contribution in [0.15, 0.2) is 12.1 Å². The average molecular weight is 235 g/mol. The Kier molecular flexibility index (Phi) is 3.80. The topological polar surface area (TPSA) is 108 Å². The van der Waals surface area contributed by atoms with Gasteiger partial charge in [0.05, 0.1) is 7.11 Å². The Morgan fingerprint density at radius 1 is 1.59 bits per heavy atom. The van der Waals surface area contributed by atoms with Gasteiger partial charge in [0.1, 0.15) is 23.7 Å². The van der Waals surface area contributed by atoms with Crippen LogP contribution in [0.1, 0.15) is 27.6 Å². The summed E-state index contributed by atoms with van der Waals surface area (Å²) in [6, 6.07) is 4.37. The summed E-state index contributed by atoms with van der Waals surface area (Å²) < 4.78 is 4.86. The van der Waals surface area contributed by atoms with Crippen molar-refractivity contribution in [1.29, 1.82) is 5.26 Å². The molecule has 1 rings (SSSR count). The minimum absolute atomic E-state index is 0.0581. The van der Waals surface area contributed by atoms with Crippen LogP contribution >= 0.6 is 0 Å². The minimum atomic E-state index is -1.94. The summed E-state index contributed by atoms with van der Waals surface area (Å²) >= 11 is 0. The molecule has 0 radical (unpaired) electrons. The molecule has 0 aliphatic carbocycles. The number of aliphatic hydroxyl groups excluding tert-OH is 1. The van der Waals surface area contributed by atoms with E-state index in [1.54, 1.807) is 6.07 Å². The number of hydrogen-bond acceptors (Lipinski definition) is 5. The van der Waals surface area contributed by atoms with Crippen molar-refractivity contribution in [2.45, 2.75) is 6.10 Å². The number of carbonyl (C=O) groups excluding carboxylic acids is 1. The van der Waals surface area contributed by atoms with Crippen molar-refractivity contribution in [2.24, 2.45) is 0 Å². The van der Waals surface area contributed by atoms with Gasteiger partial charge in [-0.1, -0.05) is 0 Å². The SMILES string of the molecule is COc1ccc(C=O)c(C(O)C(=O)O)c1C#N. The summed E-state index contributed by atoms with van der Waals surface area (Å²) in [5, 5.41) is 27.1. The number of aliphatic carboxylic acids is 1. The summed E-state index contributed by atoms with van der Waals surface area (Å²) in [5.41, 5.74) is -0.474. The van der Waals surface area contributed by atoms with E-state index in [9.17, 15) is 14.7 Å². The van der Waals surface area contributed by atoms with Crippen molar-refractivity contribution in [2.75, 3.05) is 7.11 Å². The molecule has 1 aromatic carbocycles. The minimum Gasteiger partial charge on any atom is -0.495 e. The molecule has 6 nitrogen and oxygen atoms in total. The van der Waals surface area contributed by atoms with Crippen LogP contribution < -0.4 is 4.74 Å². The molecule has 88 valence electrons. The zero-order valence-corrected chi connectivity index (χ0v) is 8.88. The molecule has 1 atom stereocenters. The second-order valence-electron chi connectivity index (χ2n) is 3.12. The lowest BCUT2D eigenvalue weighted by molar-refractivity contribution is -0.147. The molecule has 6 heteroatoms. The highest BCUT2D eigenvalue weighted by Crippen LogP contribution is 2.29. The number of rotatable bonds is 4. The number of carbonyl (C=O) groups is 2. The maximum atomic E-state index is 10.8. The summed E-state index contributed by atoms with van der Waals surface area (Å²) in [6.07, 6.45) is -1.57. The second kappa shape index (κ2) is 5.09. The Morgan fingerprint density at radius 2 is 2.24 bits per heavy atom. The van der Waals surface area contributed by atoms with Crippen molar-refractivity contribution < 1.29 is 24.5 Å². The highest BCUT2D eigenvalue weighted by molar-refractivity contribution is 5.85. The molecular weight excluding hydrogens is 226 g/mol. The average Bonchev–Trinajstić information content (AvgIpc) is 2.35. The van der Waals surface area contributed by atoms with Gasteiger partial charge in [0.2, 0.25) is 0 Å². The summed E-state index contributed by atoms with van der Waals surface area (Å²) in [5.74, 6) is -1.44. The zero-order valence-electron chi connectivity index (χ0n) is 8.88. The quantitative estimate of drug-likeness (QED) is 0.735. The van der Waals surface area contributed by atoms with Crippen LogP contribution in [0.3, 0.4) is 0 Å². The lowest BCUT2D eigenvalue weighted by Gasteiger charge is -2.13. The Labute approximate surface area is 96.7 Å². The number of hydrogen-bond donors (Lipinski definition) is 2. The maximum absolute atomic E-state index is 10.8. The Balaban J connectivity index is 3.57. The van der Waals surface area contributed by atoms with Gasteiger partial charge in [0.25, 0.3) is 0 Å². The summed E-state index contributed by atoms with van der Waals surface area (Å²) in [6.45, 7) is 0. The molecule has 0 aromatic heterocycles. The van der Waals surface area contributed by atoms with Crippen molar-refractivity contribution in [3.05, 3.63) is 28.8 Å². The number of carboxylic acids is 1. The van der Waals surface area contributed by atoms with Gasteiger partial charge < -0.3 is 14.9 Å². The molecule has 0 saturated heterocycles. The molecule has 0 amide bonds. The van der Waals surface area contributed by atoms with Gasteiger partial charge >= 0.3 is 5.97 Å². The zero-order chi connectivity index (χ0) is 13.0. The van der Waals surface area contributed by atoms with Gasteiger partial charge in [0.15, 0.2) is 6.10 Å². The van der Waals surface area contributed by atoms with Crippen molar-refractivity contribution in [1.82, 2.24) is 0 Å². The van der Waals surface area contributed by atoms with Crippen LogP contribution in [0.4, 0.5) is 0 Å². The molecule has 0 bridgehead atoms. The van der Waals surface area contributed by atoms with Crippen LogP contribution in [-0.4, -0.2) is 29.6 Å². The van der Waals surface area contributed by atoms with Gasteiger partial charge in [-0.2, -0.15) is 5.26 Å². The summed E-state index contributed by atoms with van der Waals surface area (Å²) in [7, 11) is 1.30. The second-order valence-corrected chi connectivity index (χ2v) is 3.12. The van der Waals surface area contributed by atoms with Crippen molar-refractivity contribution in [3.63, 3.8) is 0 Å². The molecule has 0 spiro atoms. The Hall–Kier alpha value is -2.39. The number of ether oxygens (including phenoxy) is 1. The third kappa shape index (κ3) is 2.24. The molecule has 17 heavy (non-hydrogen) atoms. The van der Waals surface area contributed by atoms with Crippen molar-refractivity contribution >= 4 is 12.3 Å². The third-order valence-corrected chi connectivity index (χ3v) is 2.21. The standard InChI is InChI=1S/C11H9NO5/c1-17-8-3-2-6(5-13)9(7(8)4-12)10(14)11(15)16/h2-3,5,10,14H,1H3,(H,15,16). The van der Waals surface area contributed by atoms with E-state index < -0.39 is 12.1 Å². The number of benzene rings is 1. The first-order valence-corrected chi connectivity index (χ1v) is 4.53. The molecular formula is C11H9NO5. The monoisotopic (exact) mass is 235 g/mol. The number of aliphatic hydroxyl groups is 1. The van der Waals surface area contributed by atoms with Crippen LogP contribution in [-0.2, 0) is 4.79 Å². The fourth-order valence-corrected chi connectivity index (χ4v) is 1.42. The lowest BCUT2D eigenvalue weighted by Crippen LogP contribution is -2.15. The molecule has 2 N–H and O–H groups in total. The lowest BCUT2D eigenvalue weighted by atomic mass is 9.96. The van der Waals surface area contributed by atoms with E-state index in [2.05, 4.69) is 0 Å². The van der Waals surface area contributed by atoms with Crippen LogP contribution in [0.5, 0.6) is 5.75 Å². The van der Waals surface area contributed by atoms with E-state index in [0.717, 1.165) is 0 Å². The first-order chi connectivity index (χ1) is 8.06. The fourth-order valence-electron chi connectivity index (χ4n) is 1.42. The van der Waals surface area contributed by atoms with Gasteiger partial charge in [-0.25, -0.2) is 4.79 Å². The number of methoxy groups -OCH3 is 1. The van der Waals surface area contributed by atoms with Crippen LogP contribution in [0, 0.1) is 11.3 Å². The van der Waals surface area contributed by atoms with Crippen LogP contribution in [0.2, 0.25) is 0 Å². The van der Waals surface area contributed by atoms with E-state index in [-0.39, 0.29) is 22.4 Å². The largest absolute Gasteiger partial charge is 0.495 e. The van der Waals surface area contributed by atoms with Crippen LogP contribution in [0.25, 0.3) is 0 Å². The molecule has 0 aliphatic heterocycles. The highest BCUT2D eigenvalue weighted by atomic mass is 16.5. The molecule has 0 fully saturated rings. The smallest absolute Gasteiger partial charge is 0.337 e. The predicted molar refractivity (Wildman–Crippen MR) is 55.7 cm³/mol. The molecule has 1 aromatic rings. The Morgan fingerprint density at radius 3 is 2.65 bits per heavy atom. The molecule has 0 aliphatic rings. The van der Waals surface area contributed by atoms with E-state index in [1.807, 2.05) is 0 Å². The maximum Gasteiger partial charge on any atom is 0.337 e. The van der Waals surface area contributed by atoms with Crippen molar-refractivity contribution in [3.8, 4) is 11.8 Å². The number of nitrogens with zero attached hydrogens (tertiary/aromatic N) is 1. The van der Waals surface area contributed by atoms with E-state index in [0.29, 0.717) is 6.29 Å². The highest BCUT2D eigenvalue weighted by Gasteiger charge is 2.25. The van der Waals surface area contributed by atoms with Gasteiger partial charge in [-0.05, 0) is 12.1 Å². The number of aldehydes is 1. The van der Waals surface area contributed by atoms with Gasteiger partial charge in [0, 0.05) is 11.1 Å². The molecule has 0 saturated carbocycles. The van der Waals surface area contributed by atoms with Gasteiger partial charge in [-0.3, -0.25) is 4.79 Å². The van der Waals surface area contributed by atoms with E-state index in [4.69, 9.17) is 15.1 Å². The van der Waals surface area contributed by atoms with E-state index >= 15 is 0 Å². The predicted octanol–water partition coefficient (Wildman–Crippen LogP) is 0.497. The number of nitriles is 1. The first-order valence-electron chi connectivity index (χ1n) is 4.53. The normalized spacial score (nSPS) is 11.4. The first kappa shape index (κ1) is 12.7. The van der Waals surface area contributed by atoms with Gasteiger partial charge in [-0.15, -0.1) is 0 Å². The number of carboxylic acid groups (broad SMARTS) is 1. The molecule has 1 unspecified atom stereocenters. The van der Waals surface area contributed by atoms with E-state index in [1.165, 1.54) is 19.2 Å². The Bertz CT molecular complexity index is 503.